The van der Waals surface area contributed by atoms with Crippen molar-refractivity contribution >= 4 is 44.3 Å². The lowest BCUT2D eigenvalue weighted by molar-refractivity contribution is 0.602. The van der Waals surface area contributed by atoms with Crippen molar-refractivity contribution in [2.45, 2.75) is 4.90 Å². The number of benzene rings is 4. The number of nitrogens with zero attached hydrogens (tertiary/aromatic N) is 9. The Morgan fingerprint density at radius 3 is 1.35 bits per heavy atom. The number of nitriles is 1. The van der Waals surface area contributed by atoms with Crippen molar-refractivity contribution in [3.63, 3.8) is 0 Å². The minimum atomic E-state index is -3.24. The van der Waals surface area contributed by atoms with E-state index in [0.717, 1.165) is 67.7 Å². The predicted octanol–water partition coefficient (Wildman–Crippen LogP) is 10.3. The summed E-state index contributed by atoms with van der Waals surface area (Å²) in [5.74, 6) is 0. The third-order valence-corrected chi connectivity index (χ3v) is 11.6. The molecule has 0 bridgehead atoms. The minimum Gasteiger partial charge on any atom is -0.299 e. The Balaban J connectivity index is 0.000000154. The second kappa shape index (κ2) is 15.8. The molecule has 14 heteroatoms. The largest absolute Gasteiger partial charge is 0.299 e. The number of rotatable bonds is 7. The summed E-state index contributed by atoms with van der Waals surface area (Å²) in [5, 5.41) is 19.3. The Morgan fingerprint density at radius 1 is 0.517 bits per heavy atom. The van der Waals surface area contributed by atoms with Gasteiger partial charge in [0.05, 0.1) is 75.5 Å². The van der Waals surface area contributed by atoms with Crippen LogP contribution in [0.1, 0.15) is 5.56 Å². The predicted molar refractivity (Wildman–Crippen MR) is 234 cm³/mol. The second-order valence-electron chi connectivity index (χ2n) is 13.8. The van der Waals surface area contributed by atoms with Gasteiger partial charge in [-0.25, -0.2) is 27.7 Å². The van der Waals surface area contributed by atoms with Crippen molar-refractivity contribution in [3.8, 4) is 62.5 Å². The topological polar surface area (TPSA) is 128 Å². The highest BCUT2D eigenvalue weighted by Crippen LogP contribution is 2.29. The van der Waals surface area contributed by atoms with E-state index < -0.39 is 9.84 Å². The number of halogens is 2. The average Bonchev–Trinajstić information content (AvgIpc) is 4.11. The van der Waals surface area contributed by atoms with Gasteiger partial charge in [-0.05, 0) is 109 Å². The molecule has 0 aliphatic carbocycles. The maximum absolute atomic E-state index is 11.8. The molecule has 292 valence electrons. The summed E-state index contributed by atoms with van der Waals surface area (Å²) in [5.41, 5.74) is 11.7. The lowest BCUT2D eigenvalue weighted by atomic mass is 10.1. The fraction of sp³-hybridized carbons (Fsp3) is 0.0217. The van der Waals surface area contributed by atoms with E-state index >= 15 is 0 Å². The molecule has 6 heterocycles. The Kier molecular flexibility index (Phi) is 10.1. The Bertz CT molecular complexity index is 3310. The van der Waals surface area contributed by atoms with Crippen molar-refractivity contribution in [1.29, 1.82) is 5.26 Å². The summed E-state index contributed by atoms with van der Waals surface area (Å²) in [7, 11) is -3.24. The first-order valence-corrected chi connectivity index (χ1v) is 21.1. The van der Waals surface area contributed by atoms with Gasteiger partial charge in [0.15, 0.2) is 9.84 Å². The number of imidazole rings is 2. The zero-order chi connectivity index (χ0) is 41.4. The summed E-state index contributed by atoms with van der Waals surface area (Å²) < 4.78 is 31.3. The molecule has 10 rings (SSSR count). The molecule has 0 aliphatic rings. The molecular formula is C46H31Cl2N9O2S. The van der Waals surface area contributed by atoms with Gasteiger partial charge in [0.1, 0.15) is 11.3 Å². The van der Waals surface area contributed by atoms with Crippen LogP contribution in [0.2, 0.25) is 10.0 Å². The Hall–Kier alpha value is -7.30. The van der Waals surface area contributed by atoms with E-state index in [-0.39, 0.29) is 4.90 Å². The van der Waals surface area contributed by atoms with Crippen molar-refractivity contribution in [2.75, 3.05) is 6.26 Å². The molecule has 0 fully saturated rings. The summed E-state index contributed by atoms with van der Waals surface area (Å²) in [6, 6.07) is 43.5. The molecule has 0 amide bonds. The van der Waals surface area contributed by atoms with Gasteiger partial charge in [0, 0.05) is 50.9 Å². The number of hydrogen-bond donors (Lipinski definition) is 0. The molecule has 0 atom stereocenters. The maximum Gasteiger partial charge on any atom is 0.175 e. The summed E-state index contributed by atoms with van der Waals surface area (Å²) in [6.07, 6.45) is 12.4. The highest BCUT2D eigenvalue weighted by Gasteiger charge is 2.14. The standard InChI is InChI=1S/C23H14ClN5.C23H17ClN4O2S/c24-19-6-8-20(9-7-19)29-21(11-12-27-29)18-5-10-23-26-14-22(28(23)15-18)17-3-1-16(13-25)2-4-17;1-31(29,30)20-9-2-16(3-10-20)22-14-25-23-11-4-17(15-27(22)23)21-12-13-26-28(21)19-7-5-18(24)6-8-19/h1-12,14-15H;2-15H,1H3. The molecule has 0 unspecified atom stereocenters. The molecule has 0 radical (unpaired) electrons. The van der Waals surface area contributed by atoms with Gasteiger partial charge in [0.2, 0.25) is 0 Å². The van der Waals surface area contributed by atoms with Crippen molar-refractivity contribution in [2.24, 2.45) is 0 Å². The number of sulfone groups is 1. The fourth-order valence-corrected chi connectivity index (χ4v) is 7.78. The van der Waals surface area contributed by atoms with Crippen LogP contribution in [0.15, 0.2) is 176 Å². The van der Waals surface area contributed by atoms with Crippen LogP contribution in [0.5, 0.6) is 0 Å². The van der Waals surface area contributed by atoms with Crippen molar-refractivity contribution in [3.05, 3.63) is 186 Å². The maximum atomic E-state index is 11.8. The van der Waals surface area contributed by atoms with Gasteiger partial charge >= 0.3 is 0 Å². The minimum absolute atomic E-state index is 0.289. The van der Waals surface area contributed by atoms with Gasteiger partial charge in [-0.3, -0.25) is 8.80 Å². The van der Waals surface area contributed by atoms with Crippen LogP contribution < -0.4 is 0 Å². The fourth-order valence-electron chi connectivity index (χ4n) is 6.90. The molecule has 0 aliphatic heterocycles. The summed E-state index contributed by atoms with van der Waals surface area (Å²) in [4.78, 5) is 9.29. The monoisotopic (exact) mass is 843 g/mol. The third-order valence-electron chi connectivity index (χ3n) is 9.92. The molecule has 4 aromatic carbocycles. The first-order chi connectivity index (χ1) is 29.1. The molecule has 0 saturated heterocycles. The van der Waals surface area contributed by atoms with Crippen LogP contribution in [0.3, 0.4) is 0 Å². The number of hydrogen-bond acceptors (Lipinski definition) is 7. The van der Waals surface area contributed by atoms with Crippen molar-refractivity contribution in [1.82, 2.24) is 38.3 Å². The van der Waals surface area contributed by atoms with Crippen LogP contribution in [0.4, 0.5) is 0 Å². The highest BCUT2D eigenvalue weighted by atomic mass is 35.5. The summed E-state index contributed by atoms with van der Waals surface area (Å²) in [6.45, 7) is 0. The SMILES string of the molecule is CS(=O)(=O)c1ccc(-c2cnc3ccc(-c4ccnn4-c4ccc(Cl)cc4)cn23)cc1.N#Cc1ccc(-c2cnc3ccc(-c4ccnn4-c4ccc(Cl)cc4)cn23)cc1. The Labute approximate surface area is 354 Å². The molecule has 0 N–H and O–H groups in total. The van der Waals surface area contributed by atoms with E-state index in [1.807, 2.05) is 135 Å². The normalized spacial score (nSPS) is 11.4. The number of pyridine rings is 2. The molecule has 6 aromatic heterocycles. The second-order valence-corrected chi connectivity index (χ2v) is 16.7. The number of aromatic nitrogens is 8. The van der Waals surface area contributed by atoms with E-state index in [9.17, 15) is 8.42 Å². The van der Waals surface area contributed by atoms with E-state index in [0.29, 0.717) is 15.6 Å². The van der Waals surface area contributed by atoms with E-state index in [2.05, 4.69) is 36.8 Å². The molecular weight excluding hydrogens is 814 g/mol. The smallest absolute Gasteiger partial charge is 0.175 e. The average molecular weight is 845 g/mol. The zero-order valence-electron chi connectivity index (χ0n) is 31.7. The van der Waals surface area contributed by atoms with E-state index in [4.69, 9.17) is 28.5 Å². The first-order valence-electron chi connectivity index (χ1n) is 18.5. The van der Waals surface area contributed by atoms with Gasteiger partial charge in [-0.1, -0.05) is 47.5 Å². The van der Waals surface area contributed by atoms with E-state index in [1.54, 1.807) is 42.9 Å². The van der Waals surface area contributed by atoms with Crippen LogP contribution in [-0.4, -0.2) is 53.0 Å². The van der Waals surface area contributed by atoms with Gasteiger partial charge in [0.25, 0.3) is 0 Å². The van der Waals surface area contributed by atoms with Crippen LogP contribution >= 0.6 is 23.2 Å². The van der Waals surface area contributed by atoms with E-state index in [1.165, 1.54) is 6.26 Å². The number of fused-ring (bicyclic) bond motifs is 2. The molecule has 10 aromatic rings. The van der Waals surface area contributed by atoms with Gasteiger partial charge in [-0.2, -0.15) is 15.5 Å². The highest BCUT2D eigenvalue weighted by molar-refractivity contribution is 7.90. The zero-order valence-corrected chi connectivity index (χ0v) is 34.0. The molecule has 60 heavy (non-hydrogen) atoms. The third kappa shape index (κ3) is 7.56. The molecule has 0 saturated carbocycles. The van der Waals surface area contributed by atoms with Crippen LogP contribution in [0.25, 0.3) is 67.7 Å². The first kappa shape index (κ1) is 38.2. The van der Waals surface area contributed by atoms with Crippen LogP contribution in [-0.2, 0) is 9.84 Å². The van der Waals surface area contributed by atoms with Crippen LogP contribution in [0, 0.1) is 11.3 Å². The molecule has 0 spiro atoms. The molecule has 11 nitrogen and oxygen atoms in total. The van der Waals surface area contributed by atoms with Gasteiger partial charge in [-0.15, -0.1) is 0 Å². The quantitative estimate of drug-likeness (QED) is 0.156. The lowest BCUT2D eigenvalue weighted by Crippen LogP contribution is -2.00. The van der Waals surface area contributed by atoms with Crippen molar-refractivity contribution < 1.29 is 8.42 Å². The summed E-state index contributed by atoms with van der Waals surface area (Å²) >= 11 is 12.0. The Morgan fingerprint density at radius 2 is 0.933 bits per heavy atom. The lowest BCUT2D eigenvalue weighted by Gasteiger charge is -2.09. The van der Waals surface area contributed by atoms with Gasteiger partial charge < -0.3 is 0 Å².